The summed E-state index contributed by atoms with van der Waals surface area (Å²) in [5.41, 5.74) is 6.49. The van der Waals surface area contributed by atoms with Crippen molar-refractivity contribution >= 4 is 23.2 Å². The van der Waals surface area contributed by atoms with E-state index in [1.54, 1.807) is 39.4 Å². The summed E-state index contributed by atoms with van der Waals surface area (Å²) >= 11 is 1.50. The molecule has 1 aliphatic heterocycles. The molecule has 0 aliphatic carbocycles. The quantitative estimate of drug-likeness (QED) is 0.398. The minimum atomic E-state index is -0.172. The molecule has 2 amide bonds. The highest BCUT2D eigenvalue weighted by Crippen LogP contribution is 2.26. The number of aromatic nitrogens is 5. The molecule has 0 spiro atoms. The standard InChI is InChI=1S/C25H27N7O2S/c1-3-31-13-19(11-27-31)24(33)30-10-9-22-21(15-30)23(25(34)29(2)14-20-16-35-17-26-20)28-32(22)12-18-7-5-4-6-8-18/h4-8,11,13,16-17H,3,9-10,12,14-15H2,1-2H3. The van der Waals surface area contributed by atoms with E-state index < -0.39 is 0 Å². The van der Waals surface area contributed by atoms with Gasteiger partial charge < -0.3 is 9.80 Å². The van der Waals surface area contributed by atoms with Gasteiger partial charge in [0.05, 0.1) is 42.6 Å². The summed E-state index contributed by atoms with van der Waals surface area (Å²) in [6, 6.07) is 10.1. The maximum absolute atomic E-state index is 13.5. The zero-order chi connectivity index (χ0) is 24.4. The highest BCUT2D eigenvalue weighted by molar-refractivity contribution is 7.07. The van der Waals surface area contributed by atoms with E-state index in [2.05, 4.69) is 10.1 Å². The number of aryl methyl sites for hydroxylation is 1. The SMILES string of the molecule is CCn1cc(C(=O)N2CCc3c(c(C(=O)N(C)Cc4cscn4)nn3Cc3ccccc3)C2)cn1. The van der Waals surface area contributed by atoms with Crippen LogP contribution in [0.5, 0.6) is 0 Å². The van der Waals surface area contributed by atoms with E-state index in [1.807, 2.05) is 47.3 Å². The minimum Gasteiger partial charge on any atom is -0.334 e. The summed E-state index contributed by atoms with van der Waals surface area (Å²) in [5.74, 6) is -0.255. The molecule has 5 rings (SSSR count). The fourth-order valence-electron chi connectivity index (χ4n) is 4.36. The summed E-state index contributed by atoms with van der Waals surface area (Å²) in [7, 11) is 1.76. The van der Waals surface area contributed by atoms with Gasteiger partial charge in [0.15, 0.2) is 5.69 Å². The van der Waals surface area contributed by atoms with Gasteiger partial charge >= 0.3 is 0 Å². The van der Waals surface area contributed by atoms with E-state index in [-0.39, 0.29) is 11.8 Å². The summed E-state index contributed by atoms with van der Waals surface area (Å²) in [5, 5.41) is 10.9. The molecule has 9 nitrogen and oxygen atoms in total. The van der Waals surface area contributed by atoms with E-state index in [1.165, 1.54) is 11.3 Å². The molecular weight excluding hydrogens is 462 g/mol. The Morgan fingerprint density at radius 3 is 2.74 bits per heavy atom. The molecule has 0 saturated carbocycles. The van der Waals surface area contributed by atoms with Gasteiger partial charge in [-0.3, -0.25) is 19.0 Å². The first-order chi connectivity index (χ1) is 17.0. The Morgan fingerprint density at radius 2 is 2.03 bits per heavy atom. The van der Waals surface area contributed by atoms with Crippen molar-refractivity contribution in [3.8, 4) is 0 Å². The predicted octanol–water partition coefficient (Wildman–Crippen LogP) is 3.08. The molecule has 180 valence electrons. The van der Waals surface area contributed by atoms with Crippen LogP contribution in [0.4, 0.5) is 0 Å². The summed E-state index contributed by atoms with van der Waals surface area (Å²) in [6.07, 6.45) is 4.00. The number of rotatable bonds is 7. The third-order valence-corrected chi connectivity index (χ3v) is 6.87. The highest BCUT2D eigenvalue weighted by atomic mass is 32.1. The predicted molar refractivity (Wildman–Crippen MR) is 132 cm³/mol. The van der Waals surface area contributed by atoms with Crippen molar-refractivity contribution in [3.63, 3.8) is 0 Å². The smallest absolute Gasteiger partial charge is 0.274 e. The van der Waals surface area contributed by atoms with Crippen LogP contribution in [0.1, 0.15) is 50.3 Å². The Balaban J connectivity index is 1.45. The van der Waals surface area contributed by atoms with E-state index >= 15 is 0 Å². The van der Waals surface area contributed by atoms with Crippen molar-refractivity contribution in [3.05, 3.63) is 87.4 Å². The lowest BCUT2D eigenvalue weighted by Gasteiger charge is -2.28. The first-order valence-electron chi connectivity index (χ1n) is 11.6. The van der Waals surface area contributed by atoms with Crippen LogP contribution in [0.2, 0.25) is 0 Å². The number of thiazole rings is 1. The van der Waals surface area contributed by atoms with Crippen molar-refractivity contribution in [2.75, 3.05) is 13.6 Å². The Bertz CT molecular complexity index is 1330. The molecule has 0 N–H and O–H groups in total. The van der Waals surface area contributed by atoms with Gasteiger partial charge in [-0.2, -0.15) is 10.2 Å². The molecule has 0 fully saturated rings. The van der Waals surface area contributed by atoms with Gasteiger partial charge in [0.1, 0.15) is 0 Å². The second-order valence-corrected chi connectivity index (χ2v) is 9.34. The zero-order valence-corrected chi connectivity index (χ0v) is 20.6. The van der Waals surface area contributed by atoms with Gasteiger partial charge in [0.2, 0.25) is 0 Å². The number of hydrogen-bond donors (Lipinski definition) is 0. The first kappa shape index (κ1) is 23.0. The molecule has 3 aromatic heterocycles. The fraction of sp³-hybridized carbons (Fsp3) is 0.320. The lowest BCUT2D eigenvalue weighted by Crippen LogP contribution is -2.37. The maximum atomic E-state index is 13.5. The van der Waals surface area contributed by atoms with Crippen LogP contribution in [0, 0.1) is 0 Å². The maximum Gasteiger partial charge on any atom is 0.274 e. The second-order valence-electron chi connectivity index (χ2n) is 8.62. The van der Waals surface area contributed by atoms with Crippen molar-refractivity contribution in [1.29, 1.82) is 0 Å². The van der Waals surface area contributed by atoms with Gasteiger partial charge in [-0.05, 0) is 12.5 Å². The van der Waals surface area contributed by atoms with Crippen LogP contribution in [0.3, 0.4) is 0 Å². The fourth-order valence-corrected chi connectivity index (χ4v) is 4.91. The molecule has 0 radical (unpaired) electrons. The average Bonchev–Trinajstić information content (AvgIpc) is 3.64. The van der Waals surface area contributed by atoms with Gasteiger partial charge in [-0.1, -0.05) is 30.3 Å². The Kier molecular flexibility index (Phi) is 6.45. The molecule has 10 heteroatoms. The third-order valence-electron chi connectivity index (χ3n) is 6.23. The van der Waals surface area contributed by atoms with Gasteiger partial charge in [0.25, 0.3) is 11.8 Å². The van der Waals surface area contributed by atoms with Crippen molar-refractivity contribution in [2.45, 2.75) is 39.5 Å². The molecule has 0 bridgehead atoms. The third kappa shape index (κ3) is 4.74. The summed E-state index contributed by atoms with van der Waals surface area (Å²) in [6.45, 7) is 4.56. The van der Waals surface area contributed by atoms with Gasteiger partial charge in [0, 0.05) is 49.4 Å². The highest BCUT2D eigenvalue weighted by Gasteiger charge is 2.32. The van der Waals surface area contributed by atoms with Crippen LogP contribution in [-0.4, -0.2) is 59.8 Å². The number of benzene rings is 1. The van der Waals surface area contributed by atoms with E-state index in [0.717, 1.165) is 22.5 Å². The second kappa shape index (κ2) is 9.83. The van der Waals surface area contributed by atoms with E-state index in [4.69, 9.17) is 5.10 Å². The average molecular weight is 490 g/mol. The van der Waals surface area contributed by atoms with Crippen molar-refractivity contribution in [2.24, 2.45) is 0 Å². The van der Waals surface area contributed by atoms with Crippen molar-refractivity contribution < 1.29 is 9.59 Å². The number of nitrogens with zero attached hydrogens (tertiary/aromatic N) is 7. The lowest BCUT2D eigenvalue weighted by atomic mass is 10.0. The molecular formula is C25H27N7O2S. The Labute approximate surface area is 207 Å². The molecule has 1 aliphatic rings. The Morgan fingerprint density at radius 1 is 1.20 bits per heavy atom. The monoisotopic (exact) mass is 489 g/mol. The molecule has 0 atom stereocenters. The first-order valence-corrected chi connectivity index (χ1v) is 12.5. The molecule has 0 unspecified atom stereocenters. The minimum absolute atomic E-state index is 0.0830. The number of amides is 2. The van der Waals surface area contributed by atoms with Crippen LogP contribution in [-0.2, 0) is 32.6 Å². The summed E-state index contributed by atoms with van der Waals surface area (Å²) in [4.78, 5) is 34.4. The molecule has 1 aromatic carbocycles. The number of carbonyl (C=O) groups excluding carboxylic acids is 2. The largest absolute Gasteiger partial charge is 0.334 e. The van der Waals surface area contributed by atoms with Crippen LogP contribution in [0.25, 0.3) is 0 Å². The van der Waals surface area contributed by atoms with E-state index in [9.17, 15) is 9.59 Å². The molecule has 4 aromatic rings. The zero-order valence-electron chi connectivity index (χ0n) is 19.8. The normalized spacial score (nSPS) is 13.0. The van der Waals surface area contributed by atoms with Crippen LogP contribution >= 0.6 is 11.3 Å². The summed E-state index contributed by atoms with van der Waals surface area (Å²) < 4.78 is 3.66. The number of fused-ring (bicyclic) bond motifs is 1. The van der Waals surface area contributed by atoms with Crippen molar-refractivity contribution in [1.82, 2.24) is 34.3 Å². The molecule has 4 heterocycles. The molecule has 35 heavy (non-hydrogen) atoms. The Hall–Kier alpha value is -3.79. The van der Waals surface area contributed by atoms with Crippen LogP contribution in [0.15, 0.2) is 53.6 Å². The lowest BCUT2D eigenvalue weighted by molar-refractivity contribution is 0.0721. The number of hydrogen-bond acceptors (Lipinski definition) is 6. The van der Waals surface area contributed by atoms with Crippen LogP contribution < -0.4 is 0 Å². The number of carbonyl (C=O) groups is 2. The van der Waals surface area contributed by atoms with Gasteiger partial charge in [-0.15, -0.1) is 11.3 Å². The van der Waals surface area contributed by atoms with Gasteiger partial charge in [-0.25, -0.2) is 4.98 Å². The van der Waals surface area contributed by atoms with E-state index in [0.29, 0.717) is 50.4 Å². The molecule has 0 saturated heterocycles. The topological polar surface area (TPSA) is 89.2 Å².